The van der Waals surface area contributed by atoms with E-state index >= 15 is 0 Å². The van der Waals surface area contributed by atoms with Crippen LogP contribution >= 0.6 is 39.1 Å². The van der Waals surface area contributed by atoms with Crippen LogP contribution in [-0.4, -0.2) is 16.5 Å². The molecule has 25 heavy (non-hydrogen) atoms. The van der Waals surface area contributed by atoms with Crippen molar-refractivity contribution in [2.24, 2.45) is 0 Å². The van der Waals surface area contributed by atoms with Crippen molar-refractivity contribution in [3.05, 3.63) is 50.6 Å². The highest BCUT2D eigenvalue weighted by molar-refractivity contribution is 9.10. The zero-order chi connectivity index (χ0) is 18.5. The molecule has 3 aromatic rings. The van der Waals surface area contributed by atoms with Gasteiger partial charge in [0.2, 0.25) is 0 Å². The minimum Gasteiger partial charge on any atom is -0.495 e. The molecule has 0 aliphatic carbocycles. The fraction of sp³-hybridized carbons (Fsp3) is 0.133. The Balaban J connectivity index is 2.42. The van der Waals surface area contributed by atoms with E-state index in [1.54, 1.807) is 0 Å². The number of pyridine rings is 1. The van der Waals surface area contributed by atoms with E-state index in [1.807, 2.05) is 0 Å². The van der Waals surface area contributed by atoms with Gasteiger partial charge in [-0.2, -0.15) is 13.2 Å². The first-order valence-corrected chi connectivity index (χ1v) is 8.16. The average Bonchev–Trinajstić information content (AvgIpc) is 2.88. The highest BCUT2D eigenvalue weighted by atomic mass is 79.9. The van der Waals surface area contributed by atoms with Crippen LogP contribution in [0.3, 0.4) is 0 Å². The van der Waals surface area contributed by atoms with Gasteiger partial charge in [-0.15, -0.1) is 0 Å². The number of benzene rings is 1. The normalized spacial score (nSPS) is 12.0. The van der Waals surface area contributed by atoms with Crippen molar-refractivity contribution in [3.8, 4) is 16.9 Å². The number of methoxy groups -OCH3 is 1. The third kappa shape index (κ3) is 3.07. The Morgan fingerprint density at radius 2 is 1.84 bits per heavy atom. The minimum absolute atomic E-state index is 0.00664. The lowest BCUT2D eigenvalue weighted by atomic mass is 10.0. The van der Waals surface area contributed by atoms with Crippen molar-refractivity contribution in [1.29, 1.82) is 0 Å². The first kappa shape index (κ1) is 18.3. The Labute approximate surface area is 157 Å². The average molecular weight is 458 g/mol. The van der Waals surface area contributed by atoms with Gasteiger partial charge in [-0.25, -0.2) is 9.37 Å². The first-order chi connectivity index (χ1) is 11.6. The van der Waals surface area contributed by atoms with Crippen LogP contribution in [0, 0.1) is 5.82 Å². The molecule has 132 valence electrons. The van der Waals surface area contributed by atoms with Gasteiger partial charge in [0, 0.05) is 11.1 Å². The third-order valence-corrected chi connectivity index (χ3v) is 4.64. The Morgan fingerprint density at radius 1 is 1.16 bits per heavy atom. The molecular formula is C15H7BrCl2F4N2O. The van der Waals surface area contributed by atoms with Gasteiger partial charge in [0.25, 0.3) is 0 Å². The summed E-state index contributed by atoms with van der Waals surface area (Å²) >= 11 is 14.9. The molecule has 1 aromatic carbocycles. The molecule has 0 aliphatic heterocycles. The fourth-order valence-electron chi connectivity index (χ4n) is 2.43. The second-order valence-electron chi connectivity index (χ2n) is 4.96. The maximum Gasteiger partial charge on any atom is 0.431 e. The molecule has 0 N–H and O–H groups in total. The van der Waals surface area contributed by atoms with E-state index in [-0.39, 0.29) is 37.2 Å². The largest absolute Gasteiger partial charge is 0.495 e. The van der Waals surface area contributed by atoms with E-state index in [1.165, 1.54) is 19.4 Å². The Kier molecular flexibility index (Phi) is 4.63. The predicted octanol–water partition coefficient (Wildman–Crippen LogP) is 6.24. The van der Waals surface area contributed by atoms with Crippen molar-refractivity contribution in [2.75, 3.05) is 7.11 Å². The minimum atomic E-state index is -4.68. The van der Waals surface area contributed by atoms with E-state index in [2.05, 4.69) is 20.9 Å². The van der Waals surface area contributed by atoms with Crippen LogP contribution in [0.4, 0.5) is 17.6 Å². The van der Waals surface area contributed by atoms with Gasteiger partial charge in [0.05, 0.1) is 23.4 Å². The zero-order valence-corrected chi connectivity index (χ0v) is 15.4. The van der Waals surface area contributed by atoms with Crippen LogP contribution in [-0.2, 0) is 6.18 Å². The van der Waals surface area contributed by atoms with E-state index < -0.39 is 17.7 Å². The van der Waals surface area contributed by atoms with Crippen molar-refractivity contribution in [1.82, 2.24) is 9.38 Å². The molecule has 10 heteroatoms. The molecule has 0 saturated heterocycles. The van der Waals surface area contributed by atoms with Gasteiger partial charge in [-0.05, 0) is 34.1 Å². The van der Waals surface area contributed by atoms with E-state index in [0.717, 1.165) is 16.5 Å². The lowest BCUT2D eigenvalue weighted by molar-refractivity contribution is -0.142. The predicted molar refractivity (Wildman–Crippen MR) is 89.9 cm³/mol. The van der Waals surface area contributed by atoms with Gasteiger partial charge in [0.15, 0.2) is 0 Å². The standard InChI is InChI=1S/C15H7BrCl2F4N2O/c1-25-10-2-6(9(19)3-7(10)17)13-8(18)4-11(15(20,21)22)24-12(16)5-23-14(13)24/h2-5H,1H3. The maximum absolute atomic E-state index is 14.4. The molecular weight excluding hydrogens is 451 g/mol. The van der Waals surface area contributed by atoms with Crippen LogP contribution < -0.4 is 4.74 Å². The fourth-order valence-corrected chi connectivity index (χ4v) is 3.41. The number of ether oxygens (including phenoxy) is 1. The van der Waals surface area contributed by atoms with Gasteiger partial charge < -0.3 is 4.74 Å². The van der Waals surface area contributed by atoms with Gasteiger partial charge in [-0.3, -0.25) is 4.40 Å². The van der Waals surface area contributed by atoms with Gasteiger partial charge in [-0.1, -0.05) is 23.2 Å². The molecule has 0 radical (unpaired) electrons. The summed E-state index contributed by atoms with van der Waals surface area (Å²) in [5, 5.41) is -0.284. The summed E-state index contributed by atoms with van der Waals surface area (Å²) < 4.78 is 60.2. The summed E-state index contributed by atoms with van der Waals surface area (Å²) in [6.45, 7) is 0. The monoisotopic (exact) mass is 456 g/mol. The third-order valence-electron chi connectivity index (χ3n) is 3.49. The van der Waals surface area contributed by atoms with Crippen molar-refractivity contribution < 1.29 is 22.3 Å². The lowest BCUT2D eigenvalue weighted by Gasteiger charge is -2.16. The van der Waals surface area contributed by atoms with Gasteiger partial charge in [0.1, 0.15) is 27.5 Å². The number of halogens is 7. The molecule has 0 bridgehead atoms. The maximum atomic E-state index is 14.4. The number of nitrogens with zero attached hydrogens (tertiary/aromatic N) is 2. The number of hydrogen-bond donors (Lipinski definition) is 0. The molecule has 0 atom stereocenters. The number of alkyl halides is 3. The number of aromatic nitrogens is 2. The SMILES string of the molecule is COc1cc(-c2c(Cl)cc(C(F)(F)F)n3c(Br)cnc23)c(F)cc1Cl. The highest BCUT2D eigenvalue weighted by Gasteiger charge is 2.36. The first-order valence-electron chi connectivity index (χ1n) is 6.61. The number of rotatable bonds is 2. The molecule has 0 amide bonds. The summed E-state index contributed by atoms with van der Waals surface area (Å²) in [7, 11) is 1.33. The Bertz CT molecular complexity index is 988. The van der Waals surface area contributed by atoms with Crippen molar-refractivity contribution in [3.63, 3.8) is 0 Å². The smallest absolute Gasteiger partial charge is 0.431 e. The Morgan fingerprint density at radius 3 is 2.44 bits per heavy atom. The molecule has 2 heterocycles. The van der Waals surface area contributed by atoms with Crippen molar-refractivity contribution in [2.45, 2.75) is 6.18 Å². The topological polar surface area (TPSA) is 26.5 Å². The summed E-state index contributed by atoms with van der Waals surface area (Å²) in [6, 6.07) is 2.98. The quantitative estimate of drug-likeness (QED) is 0.426. The molecule has 0 saturated carbocycles. The zero-order valence-electron chi connectivity index (χ0n) is 12.3. The van der Waals surface area contributed by atoms with E-state index in [4.69, 9.17) is 27.9 Å². The second kappa shape index (κ2) is 6.34. The molecule has 0 aliphatic rings. The summed E-state index contributed by atoms with van der Waals surface area (Å²) in [5.41, 5.74) is -1.28. The number of fused-ring (bicyclic) bond motifs is 1. The lowest BCUT2D eigenvalue weighted by Crippen LogP contribution is -2.12. The number of hydrogen-bond acceptors (Lipinski definition) is 2. The summed E-state index contributed by atoms with van der Waals surface area (Å²) in [4.78, 5) is 3.94. The number of imidazole rings is 1. The van der Waals surface area contributed by atoms with Gasteiger partial charge >= 0.3 is 6.18 Å². The van der Waals surface area contributed by atoms with E-state index in [9.17, 15) is 17.6 Å². The molecule has 0 unspecified atom stereocenters. The van der Waals surface area contributed by atoms with Crippen LogP contribution in [0.1, 0.15) is 5.69 Å². The van der Waals surface area contributed by atoms with Crippen LogP contribution in [0.25, 0.3) is 16.8 Å². The molecule has 2 aromatic heterocycles. The molecule has 3 nitrogen and oxygen atoms in total. The summed E-state index contributed by atoms with van der Waals surface area (Å²) in [6.07, 6.45) is -3.50. The highest BCUT2D eigenvalue weighted by Crippen LogP contribution is 2.42. The van der Waals surface area contributed by atoms with Crippen LogP contribution in [0.5, 0.6) is 5.75 Å². The van der Waals surface area contributed by atoms with Crippen molar-refractivity contribution >= 4 is 44.8 Å². The second-order valence-corrected chi connectivity index (χ2v) is 6.58. The van der Waals surface area contributed by atoms with Crippen LogP contribution in [0.15, 0.2) is 29.0 Å². The summed E-state index contributed by atoms with van der Waals surface area (Å²) in [5.74, 6) is -0.619. The Hall–Kier alpha value is -1.51. The molecule has 0 spiro atoms. The van der Waals surface area contributed by atoms with E-state index in [0.29, 0.717) is 0 Å². The molecule has 3 rings (SSSR count). The molecule has 0 fully saturated rings. The van der Waals surface area contributed by atoms with Crippen LogP contribution in [0.2, 0.25) is 10.0 Å².